The van der Waals surface area contributed by atoms with Crippen LogP contribution in [-0.2, 0) is 17.5 Å². The number of nitrogens with one attached hydrogen (secondary N) is 1. The van der Waals surface area contributed by atoms with E-state index in [4.69, 9.17) is 5.73 Å². The number of pyridine rings is 1. The van der Waals surface area contributed by atoms with Gasteiger partial charge in [-0.2, -0.15) is 13.9 Å². The Balaban J connectivity index is 1.33. The Labute approximate surface area is 206 Å². The van der Waals surface area contributed by atoms with Crippen molar-refractivity contribution in [3.63, 3.8) is 0 Å². The molecule has 3 aromatic rings. The van der Waals surface area contributed by atoms with Gasteiger partial charge >= 0.3 is 12.6 Å². The maximum Gasteiger partial charge on any atom is 0.387 e. The number of anilines is 1. The Morgan fingerprint density at radius 1 is 1.19 bits per heavy atom. The van der Waals surface area contributed by atoms with Gasteiger partial charge in [0.05, 0.1) is 11.2 Å². The number of aromatic nitrogens is 3. The zero-order valence-electron chi connectivity index (χ0n) is 20.0. The number of halogens is 3. The van der Waals surface area contributed by atoms with E-state index in [-0.39, 0.29) is 28.8 Å². The predicted molar refractivity (Wildman–Crippen MR) is 127 cm³/mol. The van der Waals surface area contributed by atoms with E-state index in [1.54, 1.807) is 17.0 Å². The van der Waals surface area contributed by atoms with E-state index in [1.807, 2.05) is 24.6 Å². The van der Waals surface area contributed by atoms with Crippen molar-refractivity contribution in [2.24, 2.45) is 0 Å². The minimum atomic E-state index is -3.01. The second-order valence-corrected chi connectivity index (χ2v) is 9.89. The van der Waals surface area contributed by atoms with E-state index in [9.17, 15) is 18.0 Å². The van der Waals surface area contributed by atoms with E-state index in [0.29, 0.717) is 30.9 Å². The number of hydrogen-bond donors (Lipinski definition) is 2. The van der Waals surface area contributed by atoms with Crippen LogP contribution in [0.5, 0.6) is 5.75 Å². The van der Waals surface area contributed by atoms with Crippen molar-refractivity contribution < 1.29 is 22.7 Å². The van der Waals surface area contributed by atoms with Gasteiger partial charge in [0.1, 0.15) is 5.82 Å². The molecule has 2 aromatic heterocycles. The van der Waals surface area contributed by atoms with Crippen molar-refractivity contribution in [2.45, 2.75) is 50.8 Å². The summed E-state index contributed by atoms with van der Waals surface area (Å²) in [5, 5.41) is 7.72. The molecule has 2 aliphatic rings. The van der Waals surface area contributed by atoms with Crippen molar-refractivity contribution >= 4 is 11.8 Å². The standard InChI is InChI=1S/C25H27F3N6O2/c1-24(2,16-3-5-17(26)6-4-16)31-23(35)33-9-7-25(14-33)8-10-34-20(25)12-18(32-34)15-11-19(36-22(27)28)21(29)30-13-15/h3-6,11-13,22H,7-10,14H2,1-2H3,(H2,29,30)(H,31,35). The fourth-order valence-corrected chi connectivity index (χ4v) is 5.13. The topological polar surface area (TPSA) is 98.3 Å². The molecule has 5 rings (SSSR count). The van der Waals surface area contributed by atoms with Crippen molar-refractivity contribution in [3.05, 3.63) is 59.7 Å². The van der Waals surface area contributed by atoms with Gasteiger partial charge in [-0.1, -0.05) is 12.1 Å². The zero-order chi connectivity index (χ0) is 25.7. The number of amides is 2. The highest BCUT2D eigenvalue weighted by Crippen LogP contribution is 2.44. The highest BCUT2D eigenvalue weighted by atomic mass is 19.3. The van der Waals surface area contributed by atoms with Crippen LogP contribution in [0.25, 0.3) is 11.3 Å². The van der Waals surface area contributed by atoms with Gasteiger partial charge in [-0.05, 0) is 56.5 Å². The van der Waals surface area contributed by atoms with E-state index in [0.717, 1.165) is 24.1 Å². The number of hydrogen-bond acceptors (Lipinski definition) is 5. The van der Waals surface area contributed by atoms with E-state index < -0.39 is 12.2 Å². The Hall–Kier alpha value is -3.76. The number of benzene rings is 1. The molecule has 4 heterocycles. The number of nitrogens with two attached hydrogens (primary N) is 1. The zero-order valence-corrected chi connectivity index (χ0v) is 20.0. The van der Waals surface area contributed by atoms with Crippen molar-refractivity contribution in [2.75, 3.05) is 18.8 Å². The highest BCUT2D eigenvalue weighted by Gasteiger charge is 2.47. The number of nitrogens with zero attached hydrogens (tertiary/aromatic N) is 4. The van der Waals surface area contributed by atoms with Gasteiger partial charge in [-0.3, -0.25) is 4.68 Å². The second-order valence-electron chi connectivity index (χ2n) is 9.89. The van der Waals surface area contributed by atoms with Crippen LogP contribution in [0, 0.1) is 5.82 Å². The van der Waals surface area contributed by atoms with Crippen molar-refractivity contribution in [3.8, 4) is 17.0 Å². The third kappa shape index (κ3) is 4.33. The summed E-state index contributed by atoms with van der Waals surface area (Å²) >= 11 is 0. The lowest BCUT2D eigenvalue weighted by Gasteiger charge is -2.30. The SMILES string of the molecule is CC(C)(NC(=O)N1CCC2(CCn3nc(-c4cnc(N)c(OC(F)F)c4)cc32)C1)c1ccc(F)cc1. The quantitative estimate of drug-likeness (QED) is 0.546. The molecule has 1 spiro atoms. The first-order valence-corrected chi connectivity index (χ1v) is 11.7. The average molecular weight is 501 g/mol. The monoisotopic (exact) mass is 500 g/mol. The number of urea groups is 1. The molecule has 1 unspecified atom stereocenters. The molecule has 1 fully saturated rings. The smallest absolute Gasteiger partial charge is 0.387 e. The minimum absolute atomic E-state index is 0.122. The molecule has 0 saturated carbocycles. The molecule has 1 atom stereocenters. The number of alkyl halides is 2. The van der Waals surface area contributed by atoms with Gasteiger partial charge in [0.2, 0.25) is 0 Å². The number of nitrogen functional groups attached to an aromatic ring is 1. The summed E-state index contributed by atoms with van der Waals surface area (Å²) in [6, 6.07) is 9.25. The van der Waals surface area contributed by atoms with Crippen LogP contribution >= 0.6 is 0 Å². The molecule has 8 nitrogen and oxygen atoms in total. The number of ether oxygens (including phenoxy) is 1. The van der Waals surface area contributed by atoms with Crippen LogP contribution < -0.4 is 15.8 Å². The van der Waals surface area contributed by atoms with Gasteiger partial charge < -0.3 is 20.7 Å². The molecular formula is C25H27F3N6O2. The molecule has 2 amide bonds. The molecular weight excluding hydrogens is 473 g/mol. The summed E-state index contributed by atoms with van der Waals surface area (Å²) in [5.41, 5.74) is 7.64. The number of likely N-dealkylation sites (tertiary alicyclic amines) is 1. The summed E-state index contributed by atoms with van der Waals surface area (Å²) in [6.07, 6.45) is 3.10. The molecule has 3 N–H and O–H groups in total. The fourth-order valence-electron chi connectivity index (χ4n) is 5.13. The van der Waals surface area contributed by atoms with Crippen LogP contribution in [0.1, 0.15) is 37.9 Å². The number of rotatable bonds is 5. The van der Waals surface area contributed by atoms with Crippen molar-refractivity contribution in [1.82, 2.24) is 25.0 Å². The summed E-state index contributed by atoms with van der Waals surface area (Å²) in [4.78, 5) is 18.9. The Bertz CT molecular complexity index is 1290. The molecule has 1 aromatic carbocycles. The van der Waals surface area contributed by atoms with Crippen molar-refractivity contribution in [1.29, 1.82) is 0 Å². The maximum absolute atomic E-state index is 13.3. The minimum Gasteiger partial charge on any atom is -0.431 e. The van der Waals surface area contributed by atoms with Crippen LogP contribution in [0.15, 0.2) is 42.6 Å². The maximum atomic E-state index is 13.3. The lowest BCUT2D eigenvalue weighted by molar-refractivity contribution is -0.0494. The number of carbonyl (C=O) groups excluding carboxylic acids is 1. The predicted octanol–water partition coefficient (Wildman–Crippen LogP) is 4.26. The van der Waals surface area contributed by atoms with Gasteiger partial charge in [0, 0.05) is 42.5 Å². The lowest BCUT2D eigenvalue weighted by Crippen LogP contribution is -2.48. The van der Waals surface area contributed by atoms with Gasteiger partial charge in [0.25, 0.3) is 0 Å². The first kappa shape index (κ1) is 24.0. The third-order valence-corrected chi connectivity index (χ3v) is 7.15. The summed E-state index contributed by atoms with van der Waals surface area (Å²) in [5.74, 6) is -0.645. The molecule has 190 valence electrons. The fraction of sp³-hybridized carbons (Fsp3) is 0.400. The lowest BCUT2D eigenvalue weighted by atomic mass is 9.82. The molecule has 11 heteroatoms. The largest absolute Gasteiger partial charge is 0.431 e. The van der Waals surface area contributed by atoms with E-state index in [1.165, 1.54) is 24.4 Å². The molecule has 1 saturated heterocycles. The number of aryl methyl sites for hydroxylation is 1. The first-order valence-electron chi connectivity index (χ1n) is 11.7. The molecule has 0 radical (unpaired) electrons. The second kappa shape index (κ2) is 8.72. The van der Waals surface area contributed by atoms with Gasteiger partial charge in [-0.15, -0.1) is 0 Å². The normalized spacial score (nSPS) is 19.2. The van der Waals surface area contributed by atoms with Gasteiger partial charge in [0.15, 0.2) is 11.6 Å². The van der Waals surface area contributed by atoms with Gasteiger partial charge in [-0.25, -0.2) is 14.2 Å². The summed E-state index contributed by atoms with van der Waals surface area (Å²) < 4.78 is 45.1. The number of fused-ring (bicyclic) bond motifs is 2. The summed E-state index contributed by atoms with van der Waals surface area (Å²) in [6.45, 7) is 2.56. The average Bonchev–Trinajstić information content (AvgIpc) is 3.52. The van der Waals surface area contributed by atoms with Crippen LogP contribution in [0.4, 0.5) is 23.8 Å². The van der Waals surface area contributed by atoms with Crippen LogP contribution in [0.3, 0.4) is 0 Å². The third-order valence-electron chi connectivity index (χ3n) is 7.15. The molecule has 2 aliphatic heterocycles. The Morgan fingerprint density at radius 3 is 2.64 bits per heavy atom. The highest BCUT2D eigenvalue weighted by molar-refractivity contribution is 5.76. The Kier molecular flexibility index (Phi) is 5.80. The molecule has 0 bridgehead atoms. The molecule has 36 heavy (non-hydrogen) atoms. The van der Waals surface area contributed by atoms with E-state index in [2.05, 4.69) is 20.1 Å². The van der Waals surface area contributed by atoms with Crippen LogP contribution in [0.2, 0.25) is 0 Å². The summed E-state index contributed by atoms with van der Waals surface area (Å²) in [7, 11) is 0. The van der Waals surface area contributed by atoms with Crippen LogP contribution in [-0.4, -0.2) is 45.4 Å². The van der Waals surface area contributed by atoms with E-state index >= 15 is 0 Å². The Morgan fingerprint density at radius 2 is 1.92 bits per heavy atom. The first-order chi connectivity index (χ1) is 17.1. The molecule has 0 aliphatic carbocycles. The number of carbonyl (C=O) groups is 1.